The van der Waals surface area contributed by atoms with Crippen molar-refractivity contribution in [3.8, 4) is 72.8 Å². The Labute approximate surface area is 294 Å². The number of aromatic nitrogens is 3. The van der Waals surface area contributed by atoms with E-state index in [4.69, 9.17) is 4.42 Å². The fourth-order valence-electron chi connectivity index (χ4n) is 6.84. The summed E-state index contributed by atoms with van der Waals surface area (Å²) in [4.78, 5) is 13.3. The van der Waals surface area contributed by atoms with Crippen LogP contribution in [0.1, 0.15) is 5.56 Å². The van der Waals surface area contributed by atoms with Gasteiger partial charge >= 0.3 is 0 Å². The largest absolute Gasteiger partial charge is 0.455 e. The van der Waals surface area contributed by atoms with Crippen LogP contribution in [0, 0.1) is 11.3 Å². The van der Waals surface area contributed by atoms with E-state index in [1.807, 2.05) is 61.1 Å². The average molecular weight is 653 g/mol. The summed E-state index contributed by atoms with van der Waals surface area (Å²) in [6.45, 7) is 0. The SMILES string of the molecule is N#Cc1ccc(-c2cccc3c2oc2c(-c4cc(-c5cccnc5)cc(-c5cc(-c6cccnc6)cc(-c6cccnc6)c5)c4)cccc23)cc1. The van der Waals surface area contributed by atoms with Gasteiger partial charge in [-0.1, -0.05) is 66.7 Å². The molecule has 4 heterocycles. The summed E-state index contributed by atoms with van der Waals surface area (Å²) in [7, 11) is 0. The Balaban J connectivity index is 1.27. The predicted octanol–water partition coefficient (Wildman–Crippen LogP) is 11.6. The lowest BCUT2D eigenvalue weighted by Gasteiger charge is -2.14. The number of nitrogens with zero attached hydrogens (tertiary/aromatic N) is 4. The van der Waals surface area contributed by atoms with Crippen LogP contribution in [0.4, 0.5) is 0 Å². The van der Waals surface area contributed by atoms with E-state index in [2.05, 4.69) is 112 Å². The molecule has 238 valence electrons. The number of rotatable bonds is 6. The zero-order valence-electron chi connectivity index (χ0n) is 27.4. The van der Waals surface area contributed by atoms with Crippen molar-refractivity contribution in [2.45, 2.75) is 0 Å². The third-order valence-electron chi connectivity index (χ3n) is 9.34. The predicted molar refractivity (Wildman–Crippen MR) is 204 cm³/mol. The first-order valence-corrected chi connectivity index (χ1v) is 16.7. The second kappa shape index (κ2) is 12.7. The minimum atomic E-state index is 0.626. The first-order chi connectivity index (χ1) is 25.2. The Morgan fingerprint density at radius 3 is 1.22 bits per heavy atom. The molecule has 0 aliphatic heterocycles. The van der Waals surface area contributed by atoms with Crippen LogP contribution in [0.25, 0.3) is 88.7 Å². The van der Waals surface area contributed by atoms with Gasteiger partial charge in [0.2, 0.25) is 0 Å². The third-order valence-corrected chi connectivity index (χ3v) is 9.34. The number of furan rings is 1. The molecule has 51 heavy (non-hydrogen) atoms. The fourth-order valence-corrected chi connectivity index (χ4v) is 6.84. The number of pyridine rings is 3. The quantitative estimate of drug-likeness (QED) is 0.179. The van der Waals surface area contributed by atoms with Crippen molar-refractivity contribution in [3.05, 3.63) is 176 Å². The summed E-state index contributed by atoms with van der Waals surface area (Å²) in [6, 6.07) is 48.0. The molecule has 0 atom stereocenters. The van der Waals surface area contributed by atoms with Gasteiger partial charge in [0.15, 0.2) is 0 Å². The number of benzene rings is 5. The molecule has 0 amide bonds. The Morgan fingerprint density at radius 1 is 0.392 bits per heavy atom. The number of fused-ring (bicyclic) bond motifs is 3. The molecule has 0 saturated heterocycles. The van der Waals surface area contributed by atoms with E-state index in [0.29, 0.717) is 5.56 Å². The molecule has 0 N–H and O–H groups in total. The lowest BCUT2D eigenvalue weighted by molar-refractivity contribution is 0.671. The van der Waals surface area contributed by atoms with Crippen molar-refractivity contribution in [2.24, 2.45) is 0 Å². The van der Waals surface area contributed by atoms with E-state index in [0.717, 1.165) is 88.7 Å². The van der Waals surface area contributed by atoms with Gasteiger partial charge in [-0.05, 0) is 106 Å². The van der Waals surface area contributed by atoms with Crippen LogP contribution >= 0.6 is 0 Å². The van der Waals surface area contributed by atoms with E-state index >= 15 is 0 Å². The molecule has 0 bridgehead atoms. The average Bonchev–Trinajstić information content (AvgIpc) is 3.61. The maximum absolute atomic E-state index is 9.34. The Kier molecular flexibility index (Phi) is 7.46. The van der Waals surface area contributed by atoms with Crippen LogP contribution < -0.4 is 0 Å². The van der Waals surface area contributed by atoms with Crippen molar-refractivity contribution in [3.63, 3.8) is 0 Å². The summed E-state index contributed by atoms with van der Waals surface area (Å²) in [6.07, 6.45) is 11.1. The van der Waals surface area contributed by atoms with Crippen molar-refractivity contribution in [1.29, 1.82) is 5.26 Å². The van der Waals surface area contributed by atoms with Crippen molar-refractivity contribution < 1.29 is 4.42 Å². The van der Waals surface area contributed by atoms with Crippen LogP contribution in [-0.4, -0.2) is 15.0 Å². The number of para-hydroxylation sites is 2. The molecule has 5 heteroatoms. The van der Waals surface area contributed by atoms with E-state index in [1.165, 1.54) is 0 Å². The van der Waals surface area contributed by atoms with Crippen LogP contribution in [-0.2, 0) is 0 Å². The van der Waals surface area contributed by atoms with Crippen LogP contribution in [0.5, 0.6) is 0 Å². The highest BCUT2D eigenvalue weighted by atomic mass is 16.3. The van der Waals surface area contributed by atoms with E-state index < -0.39 is 0 Å². The summed E-state index contributed by atoms with van der Waals surface area (Å²) in [5, 5.41) is 11.4. The molecule has 0 spiro atoms. The van der Waals surface area contributed by atoms with Crippen molar-refractivity contribution in [1.82, 2.24) is 15.0 Å². The third kappa shape index (κ3) is 5.61. The second-order valence-electron chi connectivity index (χ2n) is 12.5. The minimum Gasteiger partial charge on any atom is -0.455 e. The fraction of sp³-hybridized carbons (Fsp3) is 0. The first kappa shape index (κ1) is 29.9. The highest BCUT2D eigenvalue weighted by molar-refractivity contribution is 6.13. The molecule has 0 radical (unpaired) electrons. The van der Waals surface area contributed by atoms with Crippen LogP contribution in [0.15, 0.2) is 175 Å². The molecule has 0 fully saturated rings. The lowest BCUT2D eigenvalue weighted by Crippen LogP contribution is -1.90. The molecule has 4 aromatic heterocycles. The van der Waals surface area contributed by atoms with E-state index in [-0.39, 0.29) is 0 Å². The molecule has 0 aliphatic rings. The second-order valence-corrected chi connectivity index (χ2v) is 12.5. The molecule has 9 rings (SSSR count). The van der Waals surface area contributed by atoms with Gasteiger partial charge in [-0.25, -0.2) is 0 Å². The van der Waals surface area contributed by atoms with Gasteiger partial charge in [0.05, 0.1) is 11.6 Å². The maximum Gasteiger partial charge on any atom is 0.143 e. The normalized spacial score (nSPS) is 11.1. The Hall–Kier alpha value is -7.16. The van der Waals surface area contributed by atoms with Gasteiger partial charge < -0.3 is 4.42 Å². The molecule has 5 aromatic carbocycles. The van der Waals surface area contributed by atoms with Gasteiger partial charge in [-0.15, -0.1) is 0 Å². The zero-order valence-corrected chi connectivity index (χ0v) is 27.4. The highest BCUT2D eigenvalue weighted by Gasteiger charge is 2.18. The number of hydrogen-bond acceptors (Lipinski definition) is 5. The molecule has 5 nitrogen and oxygen atoms in total. The first-order valence-electron chi connectivity index (χ1n) is 16.7. The smallest absolute Gasteiger partial charge is 0.143 e. The molecule has 0 unspecified atom stereocenters. The van der Waals surface area contributed by atoms with Gasteiger partial charge in [0, 0.05) is 75.8 Å². The van der Waals surface area contributed by atoms with Gasteiger partial charge in [-0.2, -0.15) is 5.26 Å². The summed E-state index contributed by atoms with van der Waals surface area (Å²) in [5.41, 5.74) is 14.7. The maximum atomic E-state index is 9.34. The molecular weight excluding hydrogens is 625 g/mol. The molecule has 0 saturated carbocycles. The standard InChI is InChI=1S/C46H28N4O/c47-26-30-13-15-31(16-14-30)41-9-1-11-43-44-12-2-10-42(46(44)51-45(41)43)40-24-37(34-8-5-19-50-29-34)23-39(25-40)38-21-35(32-6-3-17-48-27-32)20-36(22-38)33-7-4-18-49-28-33/h1-25,27-29H. The summed E-state index contributed by atoms with van der Waals surface area (Å²) < 4.78 is 6.83. The molecule has 9 aromatic rings. The minimum absolute atomic E-state index is 0.626. The molecule has 0 aliphatic carbocycles. The van der Waals surface area contributed by atoms with Gasteiger partial charge in [-0.3, -0.25) is 15.0 Å². The van der Waals surface area contributed by atoms with Crippen LogP contribution in [0.2, 0.25) is 0 Å². The van der Waals surface area contributed by atoms with E-state index in [1.54, 1.807) is 18.6 Å². The van der Waals surface area contributed by atoms with Crippen molar-refractivity contribution in [2.75, 3.05) is 0 Å². The van der Waals surface area contributed by atoms with Gasteiger partial charge in [0.1, 0.15) is 11.2 Å². The molecular formula is C46H28N4O. The monoisotopic (exact) mass is 652 g/mol. The van der Waals surface area contributed by atoms with Crippen molar-refractivity contribution >= 4 is 21.9 Å². The Bertz CT molecular complexity index is 2670. The topological polar surface area (TPSA) is 75.6 Å². The lowest BCUT2D eigenvalue weighted by atomic mass is 9.90. The zero-order chi connectivity index (χ0) is 34.1. The number of hydrogen-bond donors (Lipinski definition) is 0. The van der Waals surface area contributed by atoms with Gasteiger partial charge in [0.25, 0.3) is 0 Å². The highest BCUT2D eigenvalue weighted by Crippen LogP contribution is 2.42. The summed E-state index contributed by atoms with van der Waals surface area (Å²) in [5.74, 6) is 0. The summed E-state index contributed by atoms with van der Waals surface area (Å²) >= 11 is 0. The Morgan fingerprint density at radius 2 is 0.804 bits per heavy atom. The van der Waals surface area contributed by atoms with E-state index in [9.17, 15) is 5.26 Å². The number of nitriles is 1. The van der Waals surface area contributed by atoms with Crippen LogP contribution in [0.3, 0.4) is 0 Å².